The molecule has 1 heterocycles. The summed E-state index contributed by atoms with van der Waals surface area (Å²) in [7, 11) is 4.26. The maximum absolute atomic E-state index is 3.50. The average Bonchev–Trinajstić information content (AvgIpc) is 2.15. The smallest absolute Gasteiger partial charge is 0.0220 e. The van der Waals surface area contributed by atoms with Crippen LogP contribution in [0.15, 0.2) is 0 Å². The number of rotatable bonds is 2. The molecule has 0 saturated carbocycles. The van der Waals surface area contributed by atoms with Crippen LogP contribution in [-0.4, -0.2) is 38.1 Å². The Morgan fingerprint density at radius 3 is 2.60 bits per heavy atom. The van der Waals surface area contributed by atoms with Crippen molar-refractivity contribution in [2.24, 2.45) is 5.92 Å². The van der Waals surface area contributed by atoms with E-state index in [1.807, 2.05) is 0 Å². The molecule has 10 heavy (non-hydrogen) atoms. The fourth-order valence-electron chi connectivity index (χ4n) is 1.54. The first-order chi connectivity index (χ1) is 4.70. The third kappa shape index (κ3) is 1.96. The number of nitrogens with one attached hydrogen (secondary N) is 1. The Bertz CT molecular complexity index is 101. The first-order valence-electron chi connectivity index (χ1n) is 4.08. The first kappa shape index (κ1) is 8.02. The zero-order valence-corrected chi connectivity index (χ0v) is 7.22. The summed E-state index contributed by atoms with van der Waals surface area (Å²) >= 11 is 0. The van der Waals surface area contributed by atoms with Crippen LogP contribution in [0.3, 0.4) is 0 Å². The van der Waals surface area contributed by atoms with Gasteiger partial charge >= 0.3 is 0 Å². The van der Waals surface area contributed by atoms with Crippen molar-refractivity contribution in [2.45, 2.75) is 19.4 Å². The van der Waals surface area contributed by atoms with Crippen LogP contribution in [-0.2, 0) is 0 Å². The molecule has 1 fully saturated rings. The van der Waals surface area contributed by atoms with Crippen molar-refractivity contribution >= 4 is 0 Å². The van der Waals surface area contributed by atoms with E-state index in [0.29, 0.717) is 0 Å². The van der Waals surface area contributed by atoms with Gasteiger partial charge in [-0.15, -0.1) is 0 Å². The number of nitrogens with zero attached hydrogens (tertiary/aromatic N) is 1. The van der Waals surface area contributed by atoms with Gasteiger partial charge < -0.3 is 10.2 Å². The molecule has 1 aliphatic heterocycles. The summed E-state index contributed by atoms with van der Waals surface area (Å²) in [6, 6.07) is 0.731. The minimum Gasteiger partial charge on any atom is -0.312 e. The second-order valence-corrected chi connectivity index (χ2v) is 3.59. The summed E-state index contributed by atoms with van der Waals surface area (Å²) in [5, 5.41) is 3.50. The van der Waals surface area contributed by atoms with Crippen molar-refractivity contribution in [1.29, 1.82) is 0 Å². The molecule has 2 unspecified atom stereocenters. The van der Waals surface area contributed by atoms with Crippen molar-refractivity contribution in [1.82, 2.24) is 10.2 Å². The Morgan fingerprint density at radius 2 is 2.20 bits per heavy atom. The third-order valence-electron chi connectivity index (χ3n) is 2.25. The topological polar surface area (TPSA) is 15.3 Å². The predicted molar refractivity (Wildman–Crippen MR) is 44.1 cm³/mol. The molecular formula is C8H18N2. The number of hydrogen-bond acceptors (Lipinski definition) is 2. The Balaban J connectivity index is 2.26. The molecule has 2 atom stereocenters. The molecule has 0 radical (unpaired) electrons. The maximum atomic E-state index is 3.50. The fraction of sp³-hybridized carbons (Fsp3) is 1.00. The third-order valence-corrected chi connectivity index (χ3v) is 2.25. The van der Waals surface area contributed by atoms with E-state index in [9.17, 15) is 0 Å². The van der Waals surface area contributed by atoms with Crippen LogP contribution >= 0.6 is 0 Å². The molecule has 2 heteroatoms. The quantitative estimate of drug-likeness (QED) is 0.605. The van der Waals surface area contributed by atoms with Gasteiger partial charge in [-0.3, -0.25) is 0 Å². The Morgan fingerprint density at radius 1 is 1.50 bits per heavy atom. The van der Waals surface area contributed by atoms with Crippen molar-refractivity contribution in [3.8, 4) is 0 Å². The lowest BCUT2D eigenvalue weighted by molar-refractivity contribution is 0.323. The zero-order chi connectivity index (χ0) is 7.56. The van der Waals surface area contributed by atoms with Gasteiger partial charge in [0.05, 0.1) is 0 Å². The molecule has 1 N–H and O–H groups in total. The lowest BCUT2D eigenvalue weighted by Crippen LogP contribution is -2.36. The van der Waals surface area contributed by atoms with E-state index < -0.39 is 0 Å². The Hall–Kier alpha value is -0.0800. The monoisotopic (exact) mass is 142 g/mol. The molecule has 60 valence electrons. The molecule has 0 aromatic rings. The molecule has 1 rings (SSSR count). The van der Waals surface area contributed by atoms with E-state index in [0.717, 1.165) is 12.0 Å². The SMILES string of the molecule is CC1CCNC1CN(C)C. The van der Waals surface area contributed by atoms with Gasteiger partial charge in [0.25, 0.3) is 0 Å². The van der Waals surface area contributed by atoms with Gasteiger partial charge in [-0.05, 0) is 33.0 Å². The van der Waals surface area contributed by atoms with E-state index in [1.54, 1.807) is 0 Å². The normalized spacial score (nSPS) is 33.6. The summed E-state index contributed by atoms with van der Waals surface area (Å²) in [6.45, 7) is 4.72. The largest absolute Gasteiger partial charge is 0.312 e. The van der Waals surface area contributed by atoms with Gasteiger partial charge in [0.15, 0.2) is 0 Å². The second kappa shape index (κ2) is 3.35. The van der Waals surface area contributed by atoms with Crippen molar-refractivity contribution in [3.63, 3.8) is 0 Å². The second-order valence-electron chi connectivity index (χ2n) is 3.59. The zero-order valence-electron chi connectivity index (χ0n) is 7.22. The van der Waals surface area contributed by atoms with E-state index >= 15 is 0 Å². The van der Waals surface area contributed by atoms with Crippen LogP contribution in [0.25, 0.3) is 0 Å². The van der Waals surface area contributed by atoms with Crippen molar-refractivity contribution in [3.05, 3.63) is 0 Å². The lowest BCUT2D eigenvalue weighted by atomic mass is 10.0. The molecule has 0 aromatic heterocycles. The highest BCUT2D eigenvalue weighted by Crippen LogP contribution is 2.14. The number of likely N-dealkylation sites (N-methyl/N-ethyl adjacent to an activating group) is 1. The van der Waals surface area contributed by atoms with Gasteiger partial charge in [0.1, 0.15) is 0 Å². The van der Waals surface area contributed by atoms with Gasteiger partial charge in [-0.2, -0.15) is 0 Å². The van der Waals surface area contributed by atoms with Crippen LogP contribution in [0, 0.1) is 5.92 Å². The minimum absolute atomic E-state index is 0.731. The molecule has 0 bridgehead atoms. The summed E-state index contributed by atoms with van der Waals surface area (Å²) in [4.78, 5) is 2.25. The molecule has 1 aliphatic rings. The molecular weight excluding hydrogens is 124 g/mol. The van der Waals surface area contributed by atoms with Crippen LogP contribution in [0.1, 0.15) is 13.3 Å². The predicted octanol–water partition coefficient (Wildman–Crippen LogP) is 0.546. The van der Waals surface area contributed by atoms with Crippen LogP contribution in [0.4, 0.5) is 0 Å². The fourth-order valence-corrected chi connectivity index (χ4v) is 1.54. The van der Waals surface area contributed by atoms with E-state index in [2.05, 4.69) is 31.2 Å². The Kier molecular flexibility index (Phi) is 2.69. The van der Waals surface area contributed by atoms with E-state index in [4.69, 9.17) is 0 Å². The van der Waals surface area contributed by atoms with Crippen molar-refractivity contribution < 1.29 is 0 Å². The molecule has 0 amide bonds. The molecule has 0 aromatic carbocycles. The summed E-state index contributed by atoms with van der Waals surface area (Å²) in [6.07, 6.45) is 1.35. The van der Waals surface area contributed by atoms with Crippen molar-refractivity contribution in [2.75, 3.05) is 27.2 Å². The first-order valence-corrected chi connectivity index (χ1v) is 4.08. The summed E-state index contributed by atoms with van der Waals surface area (Å²) in [5.41, 5.74) is 0. The standard InChI is InChI=1S/C8H18N2/c1-7-4-5-9-8(7)6-10(2)3/h7-9H,4-6H2,1-3H3. The van der Waals surface area contributed by atoms with Gasteiger partial charge in [-0.1, -0.05) is 6.92 Å². The Labute approximate surface area is 63.6 Å². The van der Waals surface area contributed by atoms with E-state index in [1.165, 1.54) is 19.5 Å². The molecule has 1 saturated heterocycles. The van der Waals surface area contributed by atoms with Gasteiger partial charge in [0.2, 0.25) is 0 Å². The van der Waals surface area contributed by atoms with Crippen LogP contribution < -0.4 is 5.32 Å². The summed E-state index contributed by atoms with van der Waals surface area (Å²) in [5.74, 6) is 0.863. The molecule has 2 nitrogen and oxygen atoms in total. The minimum atomic E-state index is 0.731. The van der Waals surface area contributed by atoms with E-state index in [-0.39, 0.29) is 0 Å². The highest BCUT2D eigenvalue weighted by atomic mass is 15.1. The maximum Gasteiger partial charge on any atom is 0.0220 e. The van der Waals surface area contributed by atoms with Gasteiger partial charge in [-0.25, -0.2) is 0 Å². The van der Waals surface area contributed by atoms with Crippen LogP contribution in [0.5, 0.6) is 0 Å². The summed E-state index contributed by atoms with van der Waals surface area (Å²) < 4.78 is 0. The highest BCUT2D eigenvalue weighted by Gasteiger charge is 2.22. The molecule has 0 aliphatic carbocycles. The lowest BCUT2D eigenvalue weighted by Gasteiger charge is -2.19. The molecule has 0 spiro atoms. The number of hydrogen-bond donors (Lipinski definition) is 1. The average molecular weight is 142 g/mol. The van der Waals surface area contributed by atoms with Crippen LogP contribution in [0.2, 0.25) is 0 Å². The van der Waals surface area contributed by atoms with Gasteiger partial charge in [0, 0.05) is 12.6 Å². The highest BCUT2D eigenvalue weighted by molar-refractivity contribution is 4.82.